The number of benzene rings is 3. The number of nitrogens with one attached hydrogen (secondary N) is 2. The number of anilines is 1. The maximum atomic E-state index is 13.4. The van der Waals surface area contributed by atoms with E-state index in [1.54, 1.807) is 30.3 Å². The lowest BCUT2D eigenvalue weighted by atomic mass is 10.1. The first kappa shape index (κ1) is 23.1. The van der Waals surface area contributed by atoms with Crippen LogP contribution in [0.15, 0.2) is 76.5 Å². The van der Waals surface area contributed by atoms with Gasteiger partial charge in [-0.1, -0.05) is 42.5 Å². The van der Waals surface area contributed by atoms with Crippen LogP contribution in [0.1, 0.15) is 11.1 Å². The molecule has 1 amide bonds. The number of carbonyl (C=O) groups excluding carboxylic acids is 1. The molecule has 0 fully saturated rings. The summed E-state index contributed by atoms with van der Waals surface area (Å²) in [7, 11) is -1.14. The number of methoxy groups -OCH3 is 2. The Labute approximate surface area is 188 Å². The Bertz CT molecular complexity index is 1190. The van der Waals surface area contributed by atoms with Gasteiger partial charge in [0, 0.05) is 6.54 Å². The van der Waals surface area contributed by atoms with Crippen LogP contribution in [0.25, 0.3) is 0 Å². The third-order valence-corrected chi connectivity index (χ3v) is 6.83. The van der Waals surface area contributed by atoms with Gasteiger partial charge in [-0.15, -0.1) is 0 Å². The third-order valence-electron chi connectivity index (χ3n) is 5.00. The fourth-order valence-electron chi connectivity index (χ4n) is 3.26. The Kier molecular flexibility index (Phi) is 7.37. The summed E-state index contributed by atoms with van der Waals surface area (Å²) in [5.74, 6) is 0.0735. The monoisotopic (exact) mass is 454 g/mol. The van der Waals surface area contributed by atoms with Crippen molar-refractivity contribution in [2.75, 3.05) is 26.1 Å². The van der Waals surface area contributed by atoms with E-state index in [2.05, 4.69) is 10.6 Å². The first-order chi connectivity index (χ1) is 15.4. The quantitative estimate of drug-likeness (QED) is 0.513. The van der Waals surface area contributed by atoms with Gasteiger partial charge in [0.15, 0.2) is 11.5 Å². The van der Waals surface area contributed by atoms with Gasteiger partial charge >= 0.3 is 0 Å². The summed E-state index contributed by atoms with van der Waals surface area (Å²) in [6.45, 7) is 2.25. The minimum Gasteiger partial charge on any atom is -0.493 e. The van der Waals surface area contributed by atoms with Crippen LogP contribution in [-0.4, -0.2) is 35.1 Å². The van der Waals surface area contributed by atoms with E-state index >= 15 is 0 Å². The molecule has 0 aliphatic heterocycles. The van der Waals surface area contributed by atoms with E-state index in [-0.39, 0.29) is 39.4 Å². The fourth-order valence-corrected chi connectivity index (χ4v) is 4.87. The number of rotatable bonds is 9. The first-order valence-corrected chi connectivity index (χ1v) is 11.5. The zero-order valence-corrected chi connectivity index (χ0v) is 19.0. The molecule has 0 spiro atoms. The Morgan fingerprint density at radius 2 is 1.59 bits per heavy atom. The molecular formula is C24H26N2O5S. The summed E-state index contributed by atoms with van der Waals surface area (Å²) in [5, 5.41) is 5.78. The first-order valence-electron chi connectivity index (χ1n) is 9.98. The molecule has 0 unspecified atom stereocenters. The highest BCUT2D eigenvalue weighted by molar-refractivity contribution is 7.91. The molecule has 32 heavy (non-hydrogen) atoms. The van der Waals surface area contributed by atoms with Crippen molar-refractivity contribution in [2.24, 2.45) is 0 Å². The van der Waals surface area contributed by atoms with Crippen molar-refractivity contribution in [3.8, 4) is 11.5 Å². The van der Waals surface area contributed by atoms with Gasteiger partial charge in [0.25, 0.3) is 0 Å². The molecule has 3 rings (SSSR count). The second-order valence-corrected chi connectivity index (χ2v) is 8.94. The number of sulfone groups is 1. The van der Waals surface area contributed by atoms with Crippen molar-refractivity contribution >= 4 is 21.4 Å². The molecule has 0 atom stereocenters. The number of hydrogen-bond donors (Lipinski definition) is 2. The SMILES string of the molecule is COc1ccc(NCC(=O)NCc2ccccc2C)c(S(=O)(=O)c2ccccc2)c1OC. The van der Waals surface area contributed by atoms with Crippen LogP contribution in [0.2, 0.25) is 0 Å². The lowest BCUT2D eigenvalue weighted by Crippen LogP contribution is -2.30. The van der Waals surface area contributed by atoms with Crippen LogP contribution in [0.3, 0.4) is 0 Å². The number of carbonyl (C=O) groups is 1. The Morgan fingerprint density at radius 3 is 2.25 bits per heavy atom. The molecule has 0 heterocycles. The number of ether oxygens (including phenoxy) is 2. The minimum atomic E-state index is -3.95. The predicted octanol–water partition coefficient (Wildman–Crippen LogP) is 3.57. The molecule has 0 aliphatic rings. The molecule has 3 aromatic carbocycles. The van der Waals surface area contributed by atoms with E-state index in [1.807, 2.05) is 31.2 Å². The maximum absolute atomic E-state index is 13.4. The molecule has 3 aromatic rings. The van der Waals surface area contributed by atoms with Crippen molar-refractivity contribution in [2.45, 2.75) is 23.3 Å². The normalized spacial score (nSPS) is 11.0. The Hall–Kier alpha value is -3.52. The molecule has 0 radical (unpaired) electrons. The van der Waals surface area contributed by atoms with Crippen LogP contribution in [0.4, 0.5) is 5.69 Å². The second kappa shape index (κ2) is 10.2. The van der Waals surface area contributed by atoms with Gasteiger partial charge in [-0.25, -0.2) is 8.42 Å². The standard InChI is InChI=1S/C24H26N2O5S/c1-17-9-7-8-10-18(17)15-26-22(27)16-25-20-13-14-21(30-2)23(31-3)24(20)32(28,29)19-11-5-4-6-12-19/h4-14,25H,15-16H2,1-3H3,(H,26,27). The summed E-state index contributed by atoms with van der Waals surface area (Å²) >= 11 is 0. The van der Waals surface area contributed by atoms with Crippen LogP contribution >= 0.6 is 0 Å². The van der Waals surface area contributed by atoms with Crippen LogP contribution < -0.4 is 20.1 Å². The molecule has 168 valence electrons. The van der Waals surface area contributed by atoms with Gasteiger partial charge < -0.3 is 20.1 Å². The van der Waals surface area contributed by atoms with Gasteiger partial charge in [0.2, 0.25) is 15.7 Å². The fraction of sp³-hybridized carbons (Fsp3) is 0.208. The van der Waals surface area contributed by atoms with E-state index in [9.17, 15) is 13.2 Å². The van der Waals surface area contributed by atoms with Gasteiger partial charge in [-0.3, -0.25) is 4.79 Å². The van der Waals surface area contributed by atoms with Crippen molar-refractivity contribution in [3.05, 3.63) is 77.9 Å². The van der Waals surface area contributed by atoms with E-state index in [0.29, 0.717) is 6.54 Å². The van der Waals surface area contributed by atoms with E-state index < -0.39 is 9.84 Å². The average Bonchev–Trinajstić information content (AvgIpc) is 2.82. The molecule has 0 bridgehead atoms. The zero-order valence-electron chi connectivity index (χ0n) is 18.2. The molecule has 0 aliphatic carbocycles. The average molecular weight is 455 g/mol. The van der Waals surface area contributed by atoms with E-state index in [1.165, 1.54) is 26.4 Å². The number of hydrogen-bond acceptors (Lipinski definition) is 6. The zero-order chi connectivity index (χ0) is 23.1. The highest BCUT2D eigenvalue weighted by Crippen LogP contribution is 2.42. The van der Waals surface area contributed by atoms with Crippen molar-refractivity contribution in [1.29, 1.82) is 0 Å². The Balaban J connectivity index is 1.86. The molecular weight excluding hydrogens is 428 g/mol. The van der Waals surface area contributed by atoms with Crippen LogP contribution in [0.5, 0.6) is 11.5 Å². The largest absolute Gasteiger partial charge is 0.493 e. The summed E-state index contributed by atoms with van der Waals surface area (Å²) < 4.78 is 37.5. The van der Waals surface area contributed by atoms with Crippen molar-refractivity contribution < 1.29 is 22.7 Å². The smallest absolute Gasteiger partial charge is 0.239 e. The van der Waals surface area contributed by atoms with Gasteiger partial charge in [0.05, 0.1) is 31.3 Å². The highest BCUT2D eigenvalue weighted by atomic mass is 32.2. The topological polar surface area (TPSA) is 93.7 Å². The molecule has 0 saturated carbocycles. The van der Waals surface area contributed by atoms with Gasteiger partial charge in [-0.05, 0) is 42.3 Å². The van der Waals surface area contributed by atoms with Gasteiger partial charge in [-0.2, -0.15) is 0 Å². The molecule has 2 N–H and O–H groups in total. The Morgan fingerprint density at radius 1 is 0.906 bits per heavy atom. The van der Waals surface area contributed by atoms with E-state index in [4.69, 9.17) is 9.47 Å². The van der Waals surface area contributed by atoms with Crippen LogP contribution in [0, 0.1) is 6.92 Å². The number of amides is 1. The lowest BCUT2D eigenvalue weighted by molar-refractivity contribution is -0.119. The van der Waals surface area contributed by atoms with Crippen molar-refractivity contribution in [3.63, 3.8) is 0 Å². The minimum absolute atomic E-state index is 0.0710. The molecule has 8 heteroatoms. The predicted molar refractivity (Wildman–Crippen MR) is 123 cm³/mol. The maximum Gasteiger partial charge on any atom is 0.239 e. The molecule has 7 nitrogen and oxygen atoms in total. The van der Waals surface area contributed by atoms with Crippen molar-refractivity contribution in [1.82, 2.24) is 5.32 Å². The third kappa shape index (κ3) is 5.03. The summed E-state index contributed by atoms with van der Waals surface area (Å²) in [4.78, 5) is 12.5. The van der Waals surface area contributed by atoms with Crippen LogP contribution in [-0.2, 0) is 21.2 Å². The molecule has 0 aromatic heterocycles. The highest BCUT2D eigenvalue weighted by Gasteiger charge is 2.28. The summed E-state index contributed by atoms with van der Waals surface area (Å²) in [6.07, 6.45) is 0. The lowest BCUT2D eigenvalue weighted by Gasteiger charge is -2.18. The number of aryl methyl sites for hydroxylation is 1. The van der Waals surface area contributed by atoms with E-state index in [0.717, 1.165) is 11.1 Å². The summed E-state index contributed by atoms with van der Waals surface area (Å²) in [5.41, 5.74) is 2.34. The molecule has 0 saturated heterocycles. The van der Waals surface area contributed by atoms with Gasteiger partial charge in [0.1, 0.15) is 4.90 Å². The summed E-state index contributed by atoms with van der Waals surface area (Å²) in [6, 6.07) is 19.0. The second-order valence-electron chi connectivity index (χ2n) is 7.05.